The largest absolute Gasteiger partial charge is 0.362 e. The molecule has 2 aromatic rings. The molecule has 0 bridgehead atoms. The first-order chi connectivity index (χ1) is 15.2. The van der Waals surface area contributed by atoms with Crippen LogP contribution in [0.5, 0.6) is 0 Å². The summed E-state index contributed by atoms with van der Waals surface area (Å²) < 4.78 is 0. The average molecular weight is 431 g/mol. The van der Waals surface area contributed by atoms with Gasteiger partial charge in [0.1, 0.15) is 0 Å². The van der Waals surface area contributed by atoms with Crippen LogP contribution in [0.4, 0.5) is 11.4 Å². The average Bonchev–Trinajstić information content (AvgIpc) is 2.72. The molecular formula is C25H25N3O4. The van der Waals surface area contributed by atoms with Gasteiger partial charge in [0.05, 0.1) is 4.92 Å². The summed E-state index contributed by atoms with van der Waals surface area (Å²) in [4.78, 5) is 37.3. The number of non-ortho nitro benzene ring substituents is 1. The topological polar surface area (TPSA) is 101 Å². The van der Waals surface area contributed by atoms with Crippen molar-refractivity contribution in [1.29, 1.82) is 0 Å². The fraction of sp³-hybridized carbons (Fsp3) is 0.280. The summed E-state index contributed by atoms with van der Waals surface area (Å²) in [6, 6.07) is 15.2. The van der Waals surface area contributed by atoms with Crippen LogP contribution in [-0.4, -0.2) is 16.6 Å². The number of nitrogens with zero attached hydrogens (tertiary/aromatic N) is 1. The molecule has 2 N–H and O–H groups in total. The Morgan fingerprint density at radius 2 is 1.75 bits per heavy atom. The zero-order valence-corrected chi connectivity index (χ0v) is 18.3. The fourth-order valence-electron chi connectivity index (χ4n) is 4.58. The summed E-state index contributed by atoms with van der Waals surface area (Å²) in [6.45, 7) is 5.93. The highest BCUT2D eigenvalue weighted by atomic mass is 16.6. The van der Waals surface area contributed by atoms with Gasteiger partial charge in [0, 0.05) is 52.7 Å². The van der Waals surface area contributed by atoms with Crippen LogP contribution in [0.1, 0.15) is 45.1 Å². The van der Waals surface area contributed by atoms with Crippen molar-refractivity contribution in [2.24, 2.45) is 5.41 Å². The Balaban J connectivity index is 1.81. The first-order valence-corrected chi connectivity index (χ1v) is 10.5. The van der Waals surface area contributed by atoms with Crippen molar-refractivity contribution in [3.8, 4) is 0 Å². The molecule has 4 rings (SSSR count). The van der Waals surface area contributed by atoms with Gasteiger partial charge < -0.3 is 10.6 Å². The molecule has 1 heterocycles. The molecule has 32 heavy (non-hydrogen) atoms. The van der Waals surface area contributed by atoms with E-state index < -0.39 is 10.8 Å². The number of para-hydroxylation sites is 1. The van der Waals surface area contributed by atoms with Crippen molar-refractivity contribution in [3.05, 3.63) is 92.8 Å². The molecule has 0 radical (unpaired) electrons. The molecule has 2 aromatic carbocycles. The van der Waals surface area contributed by atoms with Gasteiger partial charge in [0.15, 0.2) is 5.78 Å². The number of rotatable bonds is 4. The monoisotopic (exact) mass is 431 g/mol. The fourth-order valence-corrected chi connectivity index (χ4v) is 4.58. The zero-order chi connectivity index (χ0) is 23.0. The molecule has 7 nitrogen and oxygen atoms in total. The van der Waals surface area contributed by atoms with Gasteiger partial charge in [0.25, 0.3) is 11.6 Å². The quantitative estimate of drug-likeness (QED) is 0.533. The summed E-state index contributed by atoms with van der Waals surface area (Å²) in [5.74, 6) is -0.919. The third-order valence-electron chi connectivity index (χ3n) is 5.95. The molecule has 0 saturated carbocycles. The van der Waals surface area contributed by atoms with Gasteiger partial charge in [-0.25, -0.2) is 0 Å². The highest BCUT2D eigenvalue weighted by Crippen LogP contribution is 2.46. The van der Waals surface area contributed by atoms with Crippen molar-refractivity contribution in [2.45, 2.75) is 39.5 Å². The number of benzene rings is 2. The van der Waals surface area contributed by atoms with Crippen molar-refractivity contribution in [3.63, 3.8) is 0 Å². The van der Waals surface area contributed by atoms with Gasteiger partial charge in [0.2, 0.25) is 0 Å². The standard InChI is InChI=1S/C25H25N3O4/c1-15-21(24(30)27-17-7-5-4-6-8-17)22(16-9-11-18(12-10-16)28(31)32)23-19(26-15)13-25(2,3)14-20(23)29/h4-12,22,26H,13-14H2,1-3H3,(H,27,30). The van der Waals surface area contributed by atoms with E-state index in [0.717, 1.165) is 5.70 Å². The third kappa shape index (κ3) is 4.06. The molecule has 0 aromatic heterocycles. The lowest BCUT2D eigenvalue weighted by atomic mass is 9.68. The van der Waals surface area contributed by atoms with Gasteiger partial charge in [-0.05, 0) is 36.5 Å². The summed E-state index contributed by atoms with van der Waals surface area (Å²) in [6.07, 6.45) is 1.06. The van der Waals surface area contributed by atoms with E-state index in [1.807, 2.05) is 39.0 Å². The summed E-state index contributed by atoms with van der Waals surface area (Å²) >= 11 is 0. The van der Waals surface area contributed by atoms with E-state index in [2.05, 4.69) is 10.6 Å². The minimum Gasteiger partial charge on any atom is -0.362 e. The Labute approximate surface area is 186 Å². The van der Waals surface area contributed by atoms with E-state index >= 15 is 0 Å². The summed E-state index contributed by atoms with van der Waals surface area (Å²) in [5, 5.41) is 17.4. The van der Waals surface area contributed by atoms with E-state index in [1.165, 1.54) is 12.1 Å². The van der Waals surface area contributed by atoms with Crippen molar-refractivity contribution >= 4 is 23.1 Å². The molecule has 164 valence electrons. The first-order valence-electron chi connectivity index (χ1n) is 10.5. The second-order valence-electron chi connectivity index (χ2n) is 9.10. The van der Waals surface area contributed by atoms with E-state index in [9.17, 15) is 19.7 Å². The number of Topliss-reactive ketones (excluding diaryl/α,β-unsaturated/α-hetero) is 1. The lowest BCUT2D eigenvalue weighted by Gasteiger charge is -2.39. The lowest BCUT2D eigenvalue weighted by molar-refractivity contribution is -0.384. The summed E-state index contributed by atoms with van der Waals surface area (Å²) in [7, 11) is 0. The molecule has 1 amide bonds. The van der Waals surface area contributed by atoms with Crippen LogP contribution in [0.15, 0.2) is 77.1 Å². The van der Waals surface area contributed by atoms with Crippen molar-refractivity contribution in [2.75, 3.05) is 5.32 Å². The predicted octanol–water partition coefficient (Wildman–Crippen LogP) is 4.84. The van der Waals surface area contributed by atoms with Gasteiger partial charge >= 0.3 is 0 Å². The van der Waals surface area contributed by atoms with Crippen molar-refractivity contribution in [1.82, 2.24) is 5.32 Å². The predicted molar refractivity (Wildman–Crippen MR) is 122 cm³/mol. The van der Waals surface area contributed by atoms with E-state index in [4.69, 9.17) is 0 Å². The number of nitro benzene ring substituents is 1. The Morgan fingerprint density at radius 1 is 1.09 bits per heavy atom. The SMILES string of the molecule is CC1=C(C(=O)Nc2ccccc2)C(c2ccc([N+](=O)[O-])cc2)C2=C(CC(C)(C)CC2=O)N1. The number of ketones is 1. The van der Waals surface area contributed by atoms with Crippen LogP contribution >= 0.6 is 0 Å². The van der Waals surface area contributed by atoms with Gasteiger partial charge in [-0.3, -0.25) is 19.7 Å². The normalized spacial score (nSPS) is 19.8. The maximum absolute atomic E-state index is 13.4. The highest BCUT2D eigenvalue weighted by molar-refractivity contribution is 6.09. The zero-order valence-electron chi connectivity index (χ0n) is 18.3. The van der Waals surface area contributed by atoms with Gasteiger partial charge in [-0.15, -0.1) is 0 Å². The van der Waals surface area contributed by atoms with Crippen LogP contribution in [0, 0.1) is 15.5 Å². The maximum atomic E-state index is 13.4. The third-order valence-corrected chi connectivity index (χ3v) is 5.95. The molecule has 1 aliphatic carbocycles. The minimum absolute atomic E-state index is 0.00962. The van der Waals surface area contributed by atoms with Crippen LogP contribution in [0.25, 0.3) is 0 Å². The Kier molecular flexibility index (Phi) is 5.42. The van der Waals surface area contributed by atoms with Crippen LogP contribution < -0.4 is 10.6 Å². The van der Waals surface area contributed by atoms with E-state index in [0.29, 0.717) is 40.9 Å². The number of allylic oxidation sites excluding steroid dienone is 3. The molecule has 0 spiro atoms. The molecule has 1 unspecified atom stereocenters. The van der Waals surface area contributed by atoms with E-state index in [1.54, 1.807) is 24.3 Å². The number of amides is 1. The van der Waals surface area contributed by atoms with Crippen LogP contribution in [0.2, 0.25) is 0 Å². The molecule has 1 atom stereocenters. The number of carbonyl (C=O) groups excluding carboxylic acids is 2. The maximum Gasteiger partial charge on any atom is 0.269 e. The number of hydrogen-bond donors (Lipinski definition) is 2. The Bertz CT molecular complexity index is 1160. The second kappa shape index (κ2) is 8.07. The van der Waals surface area contributed by atoms with Crippen LogP contribution in [-0.2, 0) is 9.59 Å². The molecule has 7 heteroatoms. The number of anilines is 1. The summed E-state index contributed by atoms with van der Waals surface area (Å²) in [5.41, 5.74) is 3.61. The Morgan fingerprint density at radius 3 is 2.38 bits per heavy atom. The molecule has 2 aliphatic rings. The second-order valence-corrected chi connectivity index (χ2v) is 9.10. The van der Waals surface area contributed by atoms with Crippen LogP contribution in [0.3, 0.4) is 0 Å². The molecular weight excluding hydrogens is 406 g/mol. The number of nitro groups is 1. The number of carbonyl (C=O) groups is 2. The highest BCUT2D eigenvalue weighted by Gasteiger charge is 2.42. The number of dihydropyridines is 1. The van der Waals surface area contributed by atoms with Gasteiger partial charge in [-0.2, -0.15) is 0 Å². The van der Waals surface area contributed by atoms with E-state index in [-0.39, 0.29) is 22.8 Å². The smallest absolute Gasteiger partial charge is 0.269 e. The Hall–Kier alpha value is -3.74. The number of hydrogen-bond acceptors (Lipinski definition) is 5. The molecule has 0 fully saturated rings. The minimum atomic E-state index is -0.598. The lowest BCUT2D eigenvalue weighted by Crippen LogP contribution is -2.39. The van der Waals surface area contributed by atoms with Crippen molar-refractivity contribution < 1.29 is 14.5 Å². The first kappa shape index (κ1) is 21.5. The number of nitrogens with one attached hydrogen (secondary N) is 2. The molecule has 0 saturated heterocycles. The van der Waals surface area contributed by atoms with Gasteiger partial charge in [-0.1, -0.05) is 44.2 Å². The molecule has 1 aliphatic heterocycles.